The number of methoxy groups -OCH3 is 3. The van der Waals surface area contributed by atoms with Crippen molar-refractivity contribution in [1.29, 1.82) is 0 Å². The highest BCUT2D eigenvalue weighted by Crippen LogP contribution is 2.28. The van der Waals surface area contributed by atoms with Crippen LogP contribution < -0.4 is 4.74 Å². The average molecular weight is 430 g/mol. The topological polar surface area (TPSA) is 120 Å². The number of ether oxygens (including phenoxy) is 3. The van der Waals surface area contributed by atoms with Crippen LogP contribution in [0.3, 0.4) is 0 Å². The van der Waals surface area contributed by atoms with Crippen molar-refractivity contribution < 1.29 is 37.0 Å². The van der Waals surface area contributed by atoms with E-state index in [-0.39, 0.29) is 29.3 Å². The molecule has 1 aromatic carbocycles. The van der Waals surface area contributed by atoms with Crippen LogP contribution in [0.4, 0.5) is 0 Å². The molecule has 1 amide bonds. The molecule has 0 aromatic heterocycles. The molecule has 0 fully saturated rings. The second-order valence-electron chi connectivity index (χ2n) is 5.77. The van der Waals surface area contributed by atoms with Gasteiger partial charge in [0.2, 0.25) is 10.0 Å². The minimum absolute atomic E-state index is 0.0377. The van der Waals surface area contributed by atoms with Crippen molar-refractivity contribution in [2.24, 2.45) is 0 Å². The molecule has 0 aliphatic carbocycles. The Morgan fingerprint density at radius 2 is 1.45 bits per heavy atom. The van der Waals surface area contributed by atoms with Crippen LogP contribution in [-0.2, 0) is 29.1 Å². The van der Waals surface area contributed by atoms with E-state index in [0.29, 0.717) is 0 Å². The third-order valence-corrected chi connectivity index (χ3v) is 6.19. The van der Waals surface area contributed by atoms with Crippen LogP contribution in [0.15, 0.2) is 23.1 Å². The van der Waals surface area contributed by atoms with Crippen molar-refractivity contribution in [3.8, 4) is 5.75 Å². The summed E-state index contributed by atoms with van der Waals surface area (Å²) in [5.41, 5.74) is -0.0377. The first kappa shape index (κ1) is 24.4. The maximum Gasteiger partial charge on any atom is 0.325 e. The molecule has 0 aliphatic rings. The highest BCUT2D eigenvalue weighted by atomic mass is 32.2. The van der Waals surface area contributed by atoms with Crippen molar-refractivity contribution in [2.75, 3.05) is 47.5 Å². The molecule has 0 N–H and O–H groups in total. The van der Waals surface area contributed by atoms with E-state index >= 15 is 0 Å². The largest absolute Gasteiger partial charge is 0.495 e. The van der Waals surface area contributed by atoms with Crippen LogP contribution in [-0.4, -0.2) is 83.0 Å². The minimum atomic E-state index is -3.93. The number of carbonyl (C=O) groups is 3. The van der Waals surface area contributed by atoms with Crippen LogP contribution in [0.5, 0.6) is 5.75 Å². The summed E-state index contributed by atoms with van der Waals surface area (Å²) in [5, 5.41) is 0. The van der Waals surface area contributed by atoms with Crippen LogP contribution >= 0.6 is 0 Å². The maximum atomic E-state index is 12.9. The summed E-state index contributed by atoms with van der Waals surface area (Å²) in [7, 11) is -0.320. The number of nitrogens with zero attached hydrogens (tertiary/aromatic N) is 2. The summed E-state index contributed by atoms with van der Waals surface area (Å²) in [4.78, 5) is 36.9. The monoisotopic (exact) mass is 430 g/mol. The Bertz CT molecular complexity index is 831. The smallest absolute Gasteiger partial charge is 0.325 e. The highest BCUT2D eigenvalue weighted by molar-refractivity contribution is 7.89. The van der Waals surface area contributed by atoms with E-state index in [1.165, 1.54) is 23.5 Å². The number of hydrogen-bond donors (Lipinski definition) is 0. The van der Waals surface area contributed by atoms with E-state index < -0.39 is 41.0 Å². The maximum absolute atomic E-state index is 12.9. The molecule has 0 unspecified atom stereocenters. The lowest BCUT2D eigenvalue weighted by Crippen LogP contribution is -2.40. The van der Waals surface area contributed by atoms with Crippen LogP contribution in [0.1, 0.15) is 24.2 Å². The molecule has 0 saturated heterocycles. The molecule has 0 atom stereocenters. The molecule has 0 radical (unpaired) electrons. The van der Waals surface area contributed by atoms with E-state index in [0.717, 1.165) is 25.2 Å². The van der Waals surface area contributed by atoms with Gasteiger partial charge in [0.25, 0.3) is 5.91 Å². The quantitative estimate of drug-likeness (QED) is 0.493. The number of rotatable bonds is 10. The Balaban J connectivity index is 3.42. The lowest BCUT2D eigenvalue weighted by Gasteiger charge is -2.22. The van der Waals surface area contributed by atoms with Gasteiger partial charge in [0, 0.05) is 18.7 Å². The standard InChI is InChI=1S/C18H26N2O8S/c1-6-20(7-2)29(24,25)15-10-13(8-9-14(15)26-3)18(23)19(11-16(21)27-4)12-17(22)28-5/h8-10H,6-7,11-12H2,1-5H3. The van der Waals surface area contributed by atoms with E-state index in [9.17, 15) is 22.8 Å². The van der Waals surface area contributed by atoms with Gasteiger partial charge in [-0.25, -0.2) is 8.42 Å². The summed E-state index contributed by atoms with van der Waals surface area (Å²) in [6, 6.07) is 3.86. The van der Waals surface area contributed by atoms with Crippen molar-refractivity contribution >= 4 is 27.9 Å². The van der Waals surface area contributed by atoms with Crippen LogP contribution in [0.25, 0.3) is 0 Å². The first-order valence-electron chi connectivity index (χ1n) is 8.77. The first-order chi connectivity index (χ1) is 13.7. The lowest BCUT2D eigenvalue weighted by atomic mass is 10.2. The summed E-state index contributed by atoms with van der Waals surface area (Å²) in [5.74, 6) is -2.15. The van der Waals surface area contributed by atoms with Gasteiger partial charge in [0.15, 0.2) is 0 Å². The van der Waals surface area contributed by atoms with Crippen molar-refractivity contribution in [1.82, 2.24) is 9.21 Å². The van der Waals surface area contributed by atoms with Gasteiger partial charge in [0.1, 0.15) is 23.7 Å². The van der Waals surface area contributed by atoms with Gasteiger partial charge >= 0.3 is 11.9 Å². The van der Waals surface area contributed by atoms with Gasteiger partial charge in [-0.05, 0) is 18.2 Å². The third-order valence-electron chi connectivity index (χ3n) is 4.12. The fourth-order valence-corrected chi connectivity index (χ4v) is 4.18. The zero-order valence-corrected chi connectivity index (χ0v) is 17.9. The second kappa shape index (κ2) is 10.8. The van der Waals surface area contributed by atoms with Crippen molar-refractivity contribution in [2.45, 2.75) is 18.7 Å². The van der Waals surface area contributed by atoms with E-state index in [4.69, 9.17) is 4.74 Å². The summed E-state index contributed by atoms with van der Waals surface area (Å²) < 4.78 is 41.4. The summed E-state index contributed by atoms with van der Waals surface area (Å²) in [6.07, 6.45) is 0. The van der Waals surface area contributed by atoms with Gasteiger partial charge in [-0.15, -0.1) is 0 Å². The number of amides is 1. The SMILES string of the molecule is CCN(CC)S(=O)(=O)c1cc(C(=O)N(CC(=O)OC)CC(=O)OC)ccc1OC. The molecule has 0 bridgehead atoms. The van der Waals surface area contributed by atoms with Crippen molar-refractivity contribution in [3.05, 3.63) is 23.8 Å². The predicted molar refractivity (Wildman–Crippen MR) is 103 cm³/mol. The fourth-order valence-electron chi connectivity index (χ4n) is 2.54. The third kappa shape index (κ3) is 5.91. The molecule has 1 aromatic rings. The summed E-state index contributed by atoms with van der Waals surface area (Å²) in [6.45, 7) is 2.84. The molecule has 0 spiro atoms. The average Bonchev–Trinajstić information content (AvgIpc) is 2.72. The molecule has 1 rings (SSSR count). The van der Waals surface area contributed by atoms with Crippen LogP contribution in [0.2, 0.25) is 0 Å². The van der Waals surface area contributed by atoms with E-state index in [1.807, 2.05) is 0 Å². The Morgan fingerprint density at radius 3 is 1.86 bits per heavy atom. The number of sulfonamides is 1. The molecule has 162 valence electrons. The number of hydrogen-bond acceptors (Lipinski definition) is 8. The van der Waals surface area contributed by atoms with Gasteiger partial charge in [-0.1, -0.05) is 13.8 Å². The van der Waals surface area contributed by atoms with E-state index in [1.54, 1.807) is 13.8 Å². The normalized spacial score (nSPS) is 11.1. The van der Waals surface area contributed by atoms with Crippen molar-refractivity contribution in [3.63, 3.8) is 0 Å². The lowest BCUT2D eigenvalue weighted by molar-refractivity contribution is -0.144. The fraction of sp³-hybridized carbons (Fsp3) is 0.500. The molecular formula is C18H26N2O8S. The minimum Gasteiger partial charge on any atom is -0.495 e. The van der Waals surface area contributed by atoms with Gasteiger partial charge in [-0.3, -0.25) is 14.4 Å². The molecule has 0 aliphatic heterocycles. The van der Waals surface area contributed by atoms with Crippen LogP contribution in [0, 0.1) is 0 Å². The Kier molecular flexibility index (Phi) is 9.05. The Labute approximate surface area is 170 Å². The second-order valence-corrected chi connectivity index (χ2v) is 7.67. The Hall–Kier alpha value is -2.66. The number of benzene rings is 1. The zero-order chi connectivity index (χ0) is 22.2. The highest BCUT2D eigenvalue weighted by Gasteiger charge is 2.29. The van der Waals surface area contributed by atoms with E-state index in [2.05, 4.69) is 9.47 Å². The zero-order valence-electron chi connectivity index (χ0n) is 17.1. The summed E-state index contributed by atoms with van der Waals surface area (Å²) >= 11 is 0. The molecule has 11 heteroatoms. The molecule has 29 heavy (non-hydrogen) atoms. The molecular weight excluding hydrogens is 404 g/mol. The molecule has 0 heterocycles. The van der Waals surface area contributed by atoms with Gasteiger partial charge < -0.3 is 19.1 Å². The van der Waals surface area contributed by atoms with Gasteiger partial charge in [0.05, 0.1) is 21.3 Å². The Morgan fingerprint density at radius 1 is 0.931 bits per heavy atom. The molecule has 0 saturated carbocycles. The molecule has 10 nitrogen and oxygen atoms in total. The number of carbonyl (C=O) groups excluding carboxylic acids is 3. The van der Waals surface area contributed by atoms with Gasteiger partial charge in [-0.2, -0.15) is 4.31 Å². The number of esters is 2. The predicted octanol–water partition coefficient (Wildman–Crippen LogP) is 0.514. The first-order valence-corrected chi connectivity index (χ1v) is 10.2.